The normalized spacial score (nSPS) is 21.9. The summed E-state index contributed by atoms with van der Waals surface area (Å²) in [5, 5.41) is 10.7. The van der Waals surface area contributed by atoms with Crippen molar-refractivity contribution < 1.29 is 4.79 Å². The summed E-state index contributed by atoms with van der Waals surface area (Å²) in [6.07, 6.45) is 0.873. The molecular weight excluding hydrogens is 266 g/mol. The Kier molecular flexibility index (Phi) is 4.56. The van der Waals surface area contributed by atoms with E-state index >= 15 is 0 Å². The van der Waals surface area contributed by atoms with Gasteiger partial charge in [-0.1, -0.05) is 6.92 Å². The highest BCUT2D eigenvalue weighted by Gasteiger charge is 2.41. The topological polar surface area (TPSA) is 62.2 Å². The summed E-state index contributed by atoms with van der Waals surface area (Å²) in [5.74, 6) is 1.26. The summed E-state index contributed by atoms with van der Waals surface area (Å²) in [6.45, 7) is 9.57. The maximum absolute atomic E-state index is 12.1. The summed E-state index contributed by atoms with van der Waals surface area (Å²) < 4.78 is 1.94. The van der Waals surface area contributed by atoms with Gasteiger partial charge in [0, 0.05) is 39.3 Å². The van der Waals surface area contributed by atoms with Crippen molar-refractivity contribution in [1.82, 2.24) is 20.4 Å². The van der Waals surface area contributed by atoms with Crippen LogP contribution in [0.2, 0.25) is 0 Å². The number of nitrogens with zero attached hydrogens (tertiary/aromatic N) is 3. The van der Waals surface area contributed by atoms with Crippen LogP contribution in [0.15, 0.2) is 0 Å². The molecule has 1 aromatic rings. The van der Waals surface area contributed by atoms with E-state index in [2.05, 4.69) is 27.6 Å². The number of hydrogen-bond acceptors (Lipinski definition) is 4. The van der Waals surface area contributed by atoms with Crippen molar-refractivity contribution in [2.45, 2.75) is 33.7 Å². The van der Waals surface area contributed by atoms with Gasteiger partial charge in [-0.25, -0.2) is 0 Å². The van der Waals surface area contributed by atoms with Crippen LogP contribution in [0.25, 0.3) is 0 Å². The van der Waals surface area contributed by atoms with Crippen molar-refractivity contribution >= 4 is 11.7 Å². The lowest BCUT2D eigenvalue weighted by atomic mass is 9.89. The average Bonchev–Trinajstić information content (AvgIpc) is 2.97. The number of carbonyl (C=O) groups is 1. The Bertz CT molecular complexity index is 524. The highest BCUT2D eigenvalue weighted by molar-refractivity contribution is 5.83. The fourth-order valence-electron chi connectivity index (χ4n) is 3.17. The second-order valence-electron chi connectivity index (χ2n) is 6.10. The van der Waals surface area contributed by atoms with Crippen molar-refractivity contribution in [3.8, 4) is 0 Å². The van der Waals surface area contributed by atoms with E-state index in [-0.39, 0.29) is 11.3 Å². The van der Waals surface area contributed by atoms with Crippen LogP contribution in [-0.4, -0.2) is 42.4 Å². The maximum atomic E-state index is 12.1. The number of aromatic nitrogens is 2. The SMILES string of the molecule is CCNCc1c(C)nn(C)c1N1CCC(C)(C(=O)NC)C1. The Hall–Kier alpha value is -1.56. The van der Waals surface area contributed by atoms with E-state index in [4.69, 9.17) is 0 Å². The zero-order valence-corrected chi connectivity index (χ0v) is 13.8. The van der Waals surface area contributed by atoms with Crippen LogP contribution in [0.1, 0.15) is 31.5 Å². The molecule has 118 valence electrons. The van der Waals surface area contributed by atoms with Gasteiger partial charge in [-0.05, 0) is 26.8 Å². The molecule has 2 rings (SSSR count). The number of hydrogen-bond donors (Lipinski definition) is 2. The van der Waals surface area contributed by atoms with E-state index in [9.17, 15) is 4.79 Å². The van der Waals surface area contributed by atoms with Crippen molar-refractivity contribution in [3.63, 3.8) is 0 Å². The van der Waals surface area contributed by atoms with Gasteiger partial charge in [-0.2, -0.15) is 5.10 Å². The smallest absolute Gasteiger partial charge is 0.227 e. The Balaban J connectivity index is 2.25. The molecule has 0 radical (unpaired) electrons. The standard InChI is InChI=1S/C15H27N5O/c1-6-17-9-12-11(2)18-19(5)13(12)20-8-7-15(3,10-20)14(21)16-4/h17H,6-10H2,1-5H3,(H,16,21). The Morgan fingerprint density at radius 3 is 2.81 bits per heavy atom. The minimum absolute atomic E-state index is 0.122. The molecule has 21 heavy (non-hydrogen) atoms. The van der Waals surface area contributed by atoms with E-state index in [1.165, 1.54) is 5.56 Å². The molecule has 1 aliphatic heterocycles. The molecule has 0 aliphatic carbocycles. The van der Waals surface area contributed by atoms with Crippen LogP contribution in [0, 0.1) is 12.3 Å². The van der Waals surface area contributed by atoms with E-state index in [1.54, 1.807) is 7.05 Å². The van der Waals surface area contributed by atoms with Crippen molar-refractivity contribution in [2.75, 3.05) is 31.6 Å². The van der Waals surface area contributed by atoms with Crippen LogP contribution in [0.5, 0.6) is 0 Å². The molecule has 1 amide bonds. The average molecular weight is 293 g/mol. The Morgan fingerprint density at radius 1 is 1.48 bits per heavy atom. The molecule has 2 N–H and O–H groups in total. The highest BCUT2D eigenvalue weighted by atomic mass is 16.2. The molecule has 2 heterocycles. The minimum atomic E-state index is -0.317. The molecular formula is C15H27N5O. The molecule has 0 aromatic carbocycles. The van der Waals surface area contributed by atoms with E-state index in [0.717, 1.165) is 44.1 Å². The van der Waals surface area contributed by atoms with Gasteiger partial charge in [0.25, 0.3) is 0 Å². The van der Waals surface area contributed by atoms with Crippen LogP contribution in [-0.2, 0) is 18.4 Å². The first-order valence-corrected chi connectivity index (χ1v) is 7.63. The van der Waals surface area contributed by atoms with Crippen LogP contribution in [0.3, 0.4) is 0 Å². The molecule has 1 unspecified atom stereocenters. The lowest BCUT2D eigenvalue weighted by Gasteiger charge is -2.24. The molecule has 1 aliphatic rings. The zero-order chi connectivity index (χ0) is 15.6. The van der Waals surface area contributed by atoms with Gasteiger partial charge < -0.3 is 15.5 Å². The number of aryl methyl sites for hydroxylation is 2. The van der Waals surface area contributed by atoms with Crippen molar-refractivity contribution in [1.29, 1.82) is 0 Å². The third kappa shape index (κ3) is 2.90. The predicted molar refractivity (Wildman–Crippen MR) is 84.3 cm³/mol. The molecule has 0 spiro atoms. The lowest BCUT2D eigenvalue weighted by Crippen LogP contribution is -2.39. The molecule has 0 bridgehead atoms. The van der Waals surface area contributed by atoms with Gasteiger partial charge in [0.1, 0.15) is 5.82 Å². The number of rotatable bonds is 5. The summed E-state index contributed by atoms with van der Waals surface area (Å²) in [6, 6.07) is 0. The molecule has 1 atom stereocenters. The van der Waals surface area contributed by atoms with Crippen molar-refractivity contribution in [3.05, 3.63) is 11.3 Å². The number of anilines is 1. The van der Waals surface area contributed by atoms with E-state index in [0.29, 0.717) is 0 Å². The van der Waals surface area contributed by atoms with Gasteiger partial charge in [0.05, 0.1) is 11.1 Å². The first-order chi connectivity index (χ1) is 9.92. The van der Waals surface area contributed by atoms with E-state index < -0.39 is 0 Å². The maximum Gasteiger partial charge on any atom is 0.227 e. The van der Waals surface area contributed by atoms with Crippen LogP contribution in [0.4, 0.5) is 5.82 Å². The first kappa shape index (κ1) is 15.8. The van der Waals surface area contributed by atoms with Crippen molar-refractivity contribution in [2.24, 2.45) is 12.5 Å². The number of carbonyl (C=O) groups excluding carboxylic acids is 1. The highest BCUT2D eigenvalue weighted by Crippen LogP contribution is 2.35. The monoisotopic (exact) mass is 293 g/mol. The molecule has 6 heteroatoms. The molecule has 6 nitrogen and oxygen atoms in total. The predicted octanol–water partition coefficient (Wildman–Crippen LogP) is 0.800. The van der Waals surface area contributed by atoms with Crippen LogP contribution >= 0.6 is 0 Å². The van der Waals surface area contributed by atoms with E-state index in [1.807, 2.05) is 25.6 Å². The second-order valence-corrected chi connectivity index (χ2v) is 6.10. The number of nitrogens with one attached hydrogen (secondary N) is 2. The summed E-state index contributed by atoms with van der Waals surface area (Å²) >= 11 is 0. The second kappa shape index (κ2) is 6.05. The van der Waals surface area contributed by atoms with Gasteiger partial charge in [0.15, 0.2) is 0 Å². The third-order valence-electron chi connectivity index (χ3n) is 4.41. The Labute approximate surface area is 126 Å². The van der Waals surface area contributed by atoms with Gasteiger partial charge in [-0.3, -0.25) is 9.48 Å². The van der Waals surface area contributed by atoms with Gasteiger partial charge in [0.2, 0.25) is 5.91 Å². The summed E-state index contributed by atoms with van der Waals surface area (Å²) in [7, 11) is 3.69. The molecule has 0 saturated carbocycles. The molecule has 1 aromatic heterocycles. The molecule has 1 saturated heterocycles. The first-order valence-electron chi connectivity index (χ1n) is 7.63. The minimum Gasteiger partial charge on any atom is -0.359 e. The van der Waals surface area contributed by atoms with Gasteiger partial charge >= 0.3 is 0 Å². The number of amides is 1. The molecule has 1 fully saturated rings. The largest absolute Gasteiger partial charge is 0.359 e. The summed E-state index contributed by atoms with van der Waals surface area (Å²) in [4.78, 5) is 14.4. The lowest BCUT2D eigenvalue weighted by molar-refractivity contribution is -0.128. The fraction of sp³-hybridized carbons (Fsp3) is 0.733. The summed E-state index contributed by atoms with van der Waals surface area (Å²) in [5.41, 5.74) is 1.98. The Morgan fingerprint density at radius 2 is 2.19 bits per heavy atom. The third-order valence-corrected chi connectivity index (χ3v) is 4.41. The quantitative estimate of drug-likeness (QED) is 0.843. The zero-order valence-electron chi connectivity index (χ0n) is 13.8. The fourth-order valence-corrected chi connectivity index (χ4v) is 3.17. The van der Waals surface area contributed by atoms with Gasteiger partial charge in [-0.15, -0.1) is 0 Å². The van der Waals surface area contributed by atoms with Crippen LogP contribution < -0.4 is 15.5 Å².